The fourth-order valence-electron chi connectivity index (χ4n) is 3.81. The molecule has 0 bridgehead atoms. The van der Waals surface area contributed by atoms with Crippen LogP contribution in [0.5, 0.6) is 0 Å². The Bertz CT molecular complexity index is 697. The zero-order valence-corrected chi connectivity index (χ0v) is 16.0. The topological polar surface area (TPSA) is 26.5 Å². The molecule has 3 nitrogen and oxygen atoms in total. The van der Waals surface area contributed by atoms with Gasteiger partial charge in [-0.1, -0.05) is 74.5 Å². The molecule has 3 heteroatoms. The summed E-state index contributed by atoms with van der Waals surface area (Å²) >= 11 is 0. The molecule has 1 heterocycles. The van der Waals surface area contributed by atoms with Gasteiger partial charge < -0.3 is 5.11 Å². The van der Waals surface area contributed by atoms with Gasteiger partial charge in [0.15, 0.2) is 0 Å². The van der Waals surface area contributed by atoms with Crippen LogP contribution in [-0.2, 0) is 13.0 Å². The van der Waals surface area contributed by atoms with Crippen LogP contribution in [0.4, 0.5) is 0 Å². The van der Waals surface area contributed by atoms with E-state index in [0.717, 1.165) is 19.5 Å². The molecule has 1 aliphatic rings. The van der Waals surface area contributed by atoms with Crippen molar-refractivity contribution in [2.45, 2.75) is 45.3 Å². The molecule has 0 saturated heterocycles. The van der Waals surface area contributed by atoms with Gasteiger partial charge in [-0.3, -0.25) is 9.48 Å². The quantitative estimate of drug-likeness (QED) is 0.736. The van der Waals surface area contributed by atoms with Gasteiger partial charge in [-0.15, -0.1) is 0 Å². The van der Waals surface area contributed by atoms with Crippen molar-refractivity contribution in [3.63, 3.8) is 0 Å². The van der Waals surface area contributed by atoms with Crippen molar-refractivity contribution in [1.82, 2.24) is 4.90 Å². The Morgan fingerprint density at radius 2 is 1.62 bits per heavy atom. The maximum Gasteiger partial charge on any atom is 0.235 e. The van der Waals surface area contributed by atoms with Crippen molar-refractivity contribution in [2.24, 2.45) is 5.92 Å². The molecule has 2 aromatic rings. The first-order chi connectivity index (χ1) is 12.7. The minimum atomic E-state index is 0.132. The fraction of sp³-hybridized carbons (Fsp3) is 0.435. The Kier molecular flexibility index (Phi) is 6.45. The van der Waals surface area contributed by atoms with Crippen molar-refractivity contribution in [2.75, 3.05) is 13.2 Å². The lowest BCUT2D eigenvalue weighted by Crippen LogP contribution is -2.39. The summed E-state index contributed by atoms with van der Waals surface area (Å²) in [5, 5.41) is 10.0. The third-order valence-corrected chi connectivity index (χ3v) is 5.13. The summed E-state index contributed by atoms with van der Waals surface area (Å²) in [6.45, 7) is 6.67. The maximum atomic E-state index is 10.0. The molecule has 2 atom stereocenters. The number of nitrogens with zero attached hydrogens (tertiary/aromatic N) is 2. The van der Waals surface area contributed by atoms with Crippen molar-refractivity contribution < 1.29 is 9.68 Å². The van der Waals surface area contributed by atoms with E-state index in [1.54, 1.807) is 0 Å². The molecule has 0 amide bonds. The van der Waals surface area contributed by atoms with Gasteiger partial charge in [0.25, 0.3) is 0 Å². The number of rotatable bonds is 8. The number of hydrogen-bond donors (Lipinski definition) is 1. The summed E-state index contributed by atoms with van der Waals surface area (Å²) in [6, 6.07) is 21.8. The van der Waals surface area contributed by atoms with E-state index >= 15 is 0 Å². The normalized spacial score (nSPS) is 18.2. The van der Waals surface area contributed by atoms with Gasteiger partial charge in [-0.2, -0.15) is 0 Å². The second-order valence-corrected chi connectivity index (χ2v) is 7.78. The van der Waals surface area contributed by atoms with Crippen molar-refractivity contribution in [1.29, 1.82) is 0 Å². The summed E-state index contributed by atoms with van der Waals surface area (Å²) in [4.78, 5) is 2.35. The molecule has 0 radical (unpaired) electrons. The second kappa shape index (κ2) is 9.00. The van der Waals surface area contributed by atoms with Crippen LogP contribution in [0.2, 0.25) is 0 Å². The van der Waals surface area contributed by atoms with Gasteiger partial charge in [0.1, 0.15) is 25.2 Å². The standard InChI is InChI=1S/C23H31N2O/c1-19(2)13-22-16-25(18-24(22)15-21-11-7-4-8-12-21)23(17-26)14-20-9-5-3-6-10-20/h3-12,18-19,22-23,26H,13-17H2,1-2H3/q+1/t22-,23-/m0/s1. The average molecular weight is 352 g/mol. The molecular formula is C23H31N2O+. The Hall–Kier alpha value is -2.13. The highest BCUT2D eigenvalue weighted by atomic mass is 16.3. The molecule has 26 heavy (non-hydrogen) atoms. The Morgan fingerprint density at radius 1 is 1.00 bits per heavy atom. The molecule has 1 aliphatic heterocycles. The smallest absolute Gasteiger partial charge is 0.235 e. The van der Waals surface area contributed by atoms with Crippen LogP contribution in [0.3, 0.4) is 0 Å². The predicted octanol–water partition coefficient (Wildman–Crippen LogP) is 3.56. The van der Waals surface area contributed by atoms with E-state index in [1.165, 1.54) is 17.5 Å². The van der Waals surface area contributed by atoms with E-state index in [0.29, 0.717) is 12.0 Å². The minimum Gasteiger partial charge on any atom is -0.392 e. The monoisotopic (exact) mass is 351 g/mol. The zero-order valence-electron chi connectivity index (χ0n) is 16.0. The van der Waals surface area contributed by atoms with E-state index in [2.05, 4.69) is 84.3 Å². The molecule has 0 aromatic heterocycles. The first-order valence-corrected chi connectivity index (χ1v) is 9.71. The summed E-state index contributed by atoms with van der Waals surface area (Å²) < 4.78 is 2.46. The maximum absolute atomic E-state index is 10.0. The van der Waals surface area contributed by atoms with Crippen molar-refractivity contribution in [3.8, 4) is 0 Å². The van der Waals surface area contributed by atoms with Crippen molar-refractivity contribution in [3.05, 3.63) is 71.8 Å². The first-order valence-electron chi connectivity index (χ1n) is 9.71. The molecule has 3 rings (SSSR count). The van der Waals surface area contributed by atoms with Gasteiger partial charge in [0.05, 0.1) is 6.61 Å². The minimum absolute atomic E-state index is 0.132. The van der Waals surface area contributed by atoms with E-state index in [4.69, 9.17) is 0 Å². The van der Waals surface area contributed by atoms with Crippen LogP contribution in [0.25, 0.3) is 0 Å². The molecule has 2 aromatic carbocycles. The molecule has 0 spiro atoms. The van der Waals surface area contributed by atoms with Crippen LogP contribution in [0.15, 0.2) is 60.7 Å². The highest BCUT2D eigenvalue weighted by Crippen LogP contribution is 2.19. The van der Waals surface area contributed by atoms with Gasteiger partial charge in [-0.05, 0) is 23.5 Å². The van der Waals surface area contributed by atoms with E-state index in [9.17, 15) is 5.11 Å². The molecular weight excluding hydrogens is 320 g/mol. The average Bonchev–Trinajstić information content (AvgIpc) is 3.03. The Morgan fingerprint density at radius 3 is 2.19 bits per heavy atom. The van der Waals surface area contributed by atoms with Gasteiger partial charge >= 0.3 is 0 Å². The van der Waals surface area contributed by atoms with Crippen LogP contribution in [0, 0.1) is 5.92 Å². The van der Waals surface area contributed by atoms with E-state index in [-0.39, 0.29) is 12.6 Å². The number of aliphatic hydroxyl groups is 1. The van der Waals surface area contributed by atoms with Gasteiger partial charge in [-0.25, -0.2) is 0 Å². The highest BCUT2D eigenvalue weighted by molar-refractivity contribution is 5.52. The molecule has 1 N–H and O–H groups in total. The SMILES string of the molecule is CC(C)C[C@H]1CN([C@H](CO)Cc2ccccc2)C=[N+]1Cc1ccccc1. The van der Waals surface area contributed by atoms with Crippen LogP contribution >= 0.6 is 0 Å². The molecule has 0 fully saturated rings. The van der Waals surface area contributed by atoms with E-state index < -0.39 is 0 Å². The van der Waals surface area contributed by atoms with Crippen LogP contribution in [0.1, 0.15) is 31.4 Å². The molecule has 138 valence electrons. The third kappa shape index (κ3) is 4.95. The molecule has 0 aliphatic carbocycles. The Balaban J connectivity index is 1.75. The summed E-state index contributed by atoms with van der Waals surface area (Å²) in [7, 11) is 0. The summed E-state index contributed by atoms with van der Waals surface area (Å²) in [6.07, 6.45) is 4.30. The lowest BCUT2D eigenvalue weighted by Gasteiger charge is -2.20. The van der Waals surface area contributed by atoms with Gasteiger partial charge in [0.2, 0.25) is 6.34 Å². The number of aliphatic hydroxyl groups excluding tert-OH is 1. The predicted molar refractivity (Wildman–Crippen MR) is 107 cm³/mol. The zero-order chi connectivity index (χ0) is 18.4. The number of benzene rings is 2. The summed E-state index contributed by atoms with van der Waals surface area (Å²) in [5.41, 5.74) is 2.62. The van der Waals surface area contributed by atoms with Gasteiger partial charge in [0, 0.05) is 6.42 Å². The van der Waals surface area contributed by atoms with Crippen LogP contribution in [-0.4, -0.2) is 46.2 Å². The Labute approximate surface area is 157 Å². The van der Waals surface area contributed by atoms with E-state index in [1.807, 2.05) is 6.07 Å². The fourth-order valence-corrected chi connectivity index (χ4v) is 3.81. The third-order valence-electron chi connectivity index (χ3n) is 5.13. The molecule has 0 unspecified atom stereocenters. The molecule has 0 saturated carbocycles. The lowest BCUT2D eigenvalue weighted by atomic mass is 10.0. The lowest BCUT2D eigenvalue weighted by molar-refractivity contribution is -0.569. The highest BCUT2D eigenvalue weighted by Gasteiger charge is 2.35. The second-order valence-electron chi connectivity index (χ2n) is 7.78. The van der Waals surface area contributed by atoms with Crippen molar-refractivity contribution >= 4 is 6.34 Å². The number of hydrogen-bond acceptors (Lipinski definition) is 2. The first kappa shape index (κ1) is 18.7. The summed E-state index contributed by atoms with van der Waals surface area (Å²) in [5.74, 6) is 0.660. The largest absolute Gasteiger partial charge is 0.392 e. The van der Waals surface area contributed by atoms with Crippen LogP contribution < -0.4 is 0 Å².